The Kier molecular flexibility index (Phi) is 5.16. The average Bonchev–Trinajstić information content (AvgIpc) is 2.59. The van der Waals surface area contributed by atoms with E-state index in [9.17, 15) is 9.59 Å². The number of hydrogen-bond donors (Lipinski definition) is 1. The lowest BCUT2D eigenvalue weighted by Gasteiger charge is -2.35. The number of nitrogens with one attached hydrogen (secondary N) is 1. The first-order valence-corrected chi connectivity index (χ1v) is 9.56. The summed E-state index contributed by atoms with van der Waals surface area (Å²) in [6.45, 7) is 6.84. The Bertz CT molecular complexity index is 640. The predicted molar refractivity (Wildman–Crippen MR) is 100 cm³/mol. The molecule has 0 saturated heterocycles. The zero-order chi connectivity index (χ0) is 18.0. The number of fused-ring (bicyclic) bond motifs is 1. The summed E-state index contributed by atoms with van der Waals surface area (Å²) in [4.78, 5) is 27.4. The molecule has 4 heteroatoms. The quantitative estimate of drug-likeness (QED) is 0.891. The van der Waals surface area contributed by atoms with Gasteiger partial charge in [0.25, 0.3) is 0 Å². The van der Waals surface area contributed by atoms with Gasteiger partial charge in [-0.3, -0.25) is 9.59 Å². The Morgan fingerprint density at radius 3 is 2.36 bits per heavy atom. The van der Waals surface area contributed by atoms with Crippen molar-refractivity contribution in [3.05, 3.63) is 29.8 Å². The van der Waals surface area contributed by atoms with Crippen molar-refractivity contribution in [2.75, 3.05) is 11.4 Å². The van der Waals surface area contributed by atoms with E-state index in [2.05, 4.69) is 17.4 Å². The van der Waals surface area contributed by atoms with Crippen LogP contribution in [-0.2, 0) is 16.0 Å². The van der Waals surface area contributed by atoms with Gasteiger partial charge in [-0.05, 0) is 70.9 Å². The maximum absolute atomic E-state index is 13.0. The van der Waals surface area contributed by atoms with E-state index < -0.39 is 0 Å². The molecule has 1 aromatic rings. The van der Waals surface area contributed by atoms with Crippen molar-refractivity contribution < 1.29 is 9.59 Å². The van der Waals surface area contributed by atoms with Crippen LogP contribution in [0.3, 0.4) is 0 Å². The summed E-state index contributed by atoms with van der Waals surface area (Å²) in [5.74, 6) is 0.505. The van der Waals surface area contributed by atoms with E-state index in [1.165, 1.54) is 5.56 Å². The van der Waals surface area contributed by atoms with Gasteiger partial charge in [-0.25, -0.2) is 0 Å². The smallest absolute Gasteiger partial charge is 0.230 e. The van der Waals surface area contributed by atoms with Gasteiger partial charge >= 0.3 is 0 Å². The molecule has 3 rings (SSSR count). The van der Waals surface area contributed by atoms with Crippen LogP contribution in [0.1, 0.15) is 58.4 Å². The fourth-order valence-corrected chi connectivity index (χ4v) is 4.06. The highest BCUT2D eigenvalue weighted by Gasteiger charge is 2.34. The first kappa shape index (κ1) is 18.0. The molecule has 1 fully saturated rings. The summed E-state index contributed by atoms with van der Waals surface area (Å²) in [5, 5.41) is 3.08. The number of anilines is 1. The van der Waals surface area contributed by atoms with Crippen molar-refractivity contribution in [3.8, 4) is 0 Å². The van der Waals surface area contributed by atoms with Crippen LogP contribution < -0.4 is 10.2 Å². The molecular weight excluding hydrogens is 312 g/mol. The summed E-state index contributed by atoms with van der Waals surface area (Å²) in [6, 6.07) is 8.25. The molecule has 0 atom stereocenters. The summed E-state index contributed by atoms with van der Waals surface area (Å²) < 4.78 is 0. The van der Waals surface area contributed by atoms with Gasteiger partial charge in [0.1, 0.15) is 0 Å². The van der Waals surface area contributed by atoms with Crippen molar-refractivity contribution >= 4 is 17.5 Å². The fourth-order valence-electron chi connectivity index (χ4n) is 4.06. The van der Waals surface area contributed by atoms with Crippen molar-refractivity contribution in [1.29, 1.82) is 0 Å². The van der Waals surface area contributed by atoms with Crippen LogP contribution in [0.2, 0.25) is 0 Å². The topological polar surface area (TPSA) is 49.4 Å². The van der Waals surface area contributed by atoms with Crippen LogP contribution in [0.15, 0.2) is 24.3 Å². The summed E-state index contributed by atoms with van der Waals surface area (Å²) in [7, 11) is 0. The molecule has 0 unspecified atom stereocenters. The van der Waals surface area contributed by atoms with Crippen molar-refractivity contribution in [1.82, 2.24) is 5.32 Å². The molecule has 0 bridgehead atoms. The monoisotopic (exact) mass is 342 g/mol. The first-order valence-electron chi connectivity index (χ1n) is 9.56. The number of carbonyl (C=O) groups is 2. The first-order chi connectivity index (χ1) is 11.8. The molecule has 2 amide bonds. The summed E-state index contributed by atoms with van der Waals surface area (Å²) in [5.41, 5.74) is 2.17. The molecule has 0 spiro atoms. The highest BCUT2D eigenvalue weighted by atomic mass is 16.2. The highest BCUT2D eigenvalue weighted by Crippen LogP contribution is 2.34. The molecule has 1 heterocycles. The van der Waals surface area contributed by atoms with Gasteiger partial charge in [-0.2, -0.15) is 0 Å². The molecule has 2 aliphatic rings. The van der Waals surface area contributed by atoms with Crippen molar-refractivity contribution in [2.24, 2.45) is 11.8 Å². The van der Waals surface area contributed by atoms with E-state index in [0.29, 0.717) is 0 Å². The fraction of sp³-hybridized carbons (Fsp3) is 0.619. The Morgan fingerprint density at radius 2 is 1.68 bits per heavy atom. The minimum atomic E-state index is -0.193. The van der Waals surface area contributed by atoms with Crippen molar-refractivity contribution in [3.63, 3.8) is 0 Å². The van der Waals surface area contributed by atoms with Gasteiger partial charge in [-0.1, -0.05) is 18.2 Å². The number of benzene rings is 1. The van der Waals surface area contributed by atoms with E-state index in [1.807, 2.05) is 37.8 Å². The number of para-hydroxylation sites is 1. The number of amides is 2. The van der Waals surface area contributed by atoms with Crippen LogP contribution in [0.5, 0.6) is 0 Å². The second-order valence-electron chi connectivity index (χ2n) is 8.51. The average molecular weight is 342 g/mol. The lowest BCUT2D eigenvalue weighted by atomic mass is 9.80. The van der Waals surface area contributed by atoms with Gasteiger partial charge in [-0.15, -0.1) is 0 Å². The molecule has 0 aromatic heterocycles. The zero-order valence-electron chi connectivity index (χ0n) is 15.7. The standard InChI is InChI=1S/C21H30N2O2/c1-21(2,3)22-19(24)16-10-12-17(13-11-16)20(25)23-14-6-8-15-7-4-5-9-18(15)23/h4-5,7,9,16-17H,6,8,10-14H2,1-3H3,(H,22,24). The molecule has 0 radical (unpaired) electrons. The molecule has 4 nitrogen and oxygen atoms in total. The minimum absolute atomic E-state index is 0.0527. The third-order valence-electron chi connectivity index (χ3n) is 5.32. The highest BCUT2D eigenvalue weighted by molar-refractivity contribution is 5.96. The van der Waals surface area contributed by atoms with Gasteiger partial charge in [0, 0.05) is 29.6 Å². The zero-order valence-corrected chi connectivity index (χ0v) is 15.7. The Hall–Kier alpha value is -1.84. The van der Waals surface area contributed by atoms with Crippen LogP contribution in [0, 0.1) is 11.8 Å². The lowest BCUT2D eigenvalue weighted by molar-refractivity contribution is -0.130. The normalized spacial score (nSPS) is 23.7. The Balaban J connectivity index is 1.60. The van der Waals surface area contributed by atoms with Crippen LogP contribution in [0.4, 0.5) is 5.69 Å². The SMILES string of the molecule is CC(C)(C)NC(=O)C1CCC(C(=O)N2CCCc3ccccc32)CC1. The van der Waals surface area contributed by atoms with E-state index >= 15 is 0 Å². The largest absolute Gasteiger partial charge is 0.351 e. The van der Waals surface area contributed by atoms with Gasteiger partial charge < -0.3 is 10.2 Å². The number of hydrogen-bond acceptors (Lipinski definition) is 2. The Morgan fingerprint density at radius 1 is 1.04 bits per heavy atom. The summed E-state index contributed by atoms with van der Waals surface area (Å²) in [6.07, 6.45) is 5.35. The molecule has 1 aliphatic heterocycles. The van der Waals surface area contributed by atoms with E-state index in [1.54, 1.807) is 0 Å². The molecular formula is C21H30N2O2. The molecule has 1 saturated carbocycles. The number of carbonyl (C=O) groups excluding carboxylic acids is 2. The van der Waals surface area contributed by atoms with Gasteiger partial charge in [0.2, 0.25) is 11.8 Å². The lowest BCUT2D eigenvalue weighted by Crippen LogP contribution is -2.46. The maximum Gasteiger partial charge on any atom is 0.230 e. The number of nitrogens with zero attached hydrogens (tertiary/aromatic N) is 1. The number of aryl methyl sites for hydroxylation is 1. The van der Waals surface area contributed by atoms with E-state index in [4.69, 9.17) is 0 Å². The predicted octanol–water partition coefficient (Wildman–Crippen LogP) is 3.69. The molecule has 1 aliphatic carbocycles. The van der Waals surface area contributed by atoms with Gasteiger partial charge in [0.05, 0.1) is 0 Å². The second kappa shape index (κ2) is 7.19. The van der Waals surface area contributed by atoms with Crippen LogP contribution in [-0.4, -0.2) is 23.9 Å². The van der Waals surface area contributed by atoms with Crippen LogP contribution >= 0.6 is 0 Å². The third kappa shape index (κ3) is 4.23. The molecule has 25 heavy (non-hydrogen) atoms. The van der Waals surface area contributed by atoms with E-state index in [-0.39, 0.29) is 29.2 Å². The Labute approximate surface area is 151 Å². The van der Waals surface area contributed by atoms with E-state index in [0.717, 1.165) is 50.8 Å². The second-order valence-corrected chi connectivity index (χ2v) is 8.51. The molecule has 1 N–H and O–H groups in total. The summed E-state index contributed by atoms with van der Waals surface area (Å²) >= 11 is 0. The number of rotatable bonds is 2. The molecule has 136 valence electrons. The minimum Gasteiger partial charge on any atom is -0.351 e. The third-order valence-corrected chi connectivity index (χ3v) is 5.32. The maximum atomic E-state index is 13.0. The molecule has 1 aromatic carbocycles. The van der Waals surface area contributed by atoms with Crippen molar-refractivity contribution in [2.45, 2.75) is 64.8 Å². The van der Waals surface area contributed by atoms with Crippen LogP contribution in [0.25, 0.3) is 0 Å². The van der Waals surface area contributed by atoms with Gasteiger partial charge in [0.15, 0.2) is 0 Å².